The molecule has 1 fully saturated rings. The first kappa shape index (κ1) is 8.96. The van der Waals surface area contributed by atoms with Crippen LogP contribution in [0.25, 0.3) is 0 Å². The van der Waals surface area contributed by atoms with Gasteiger partial charge in [0.25, 0.3) is 0 Å². The molecular formula is C6H14NNa. The molecule has 0 atom stereocenters. The molecule has 1 N–H and O–H groups in total. The minimum absolute atomic E-state index is 0. The van der Waals surface area contributed by atoms with Crippen LogP contribution in [0.3, 0.4) is 0 Å². The summed E-state index contributed by atoms with van der Waals surface area (Å²) >= 11 is 0. The van der Waals surface area contributed by atoms with Crippen LogP contribution in [0.1, 0.15) is 25.7 Å². The van der Waals surface area contributed by atoms with Crippen LogP contribution >= 0.6 is 0 Å². The Balaban J connectivity index is 0.000000490. The van der Waals surface area contributed by atoms with E-state index in [0.717, 1.165) is 0 Å². The van der Waals surface area contributed by atoms with Crippen LogP contribution in [0.4, 0.5) is 0 Å². The maximum atomic E-state index is 3.35. The van der Waals surface area contributed by atoms with Crippen molar-refractivity contribution in [2.45, 2.75) is 25.7 Å². The third-order valence-corrected chi connectivity index (χ3v) is 1.46. The van der Waals surface area contributed by atoms with Gasteiger partial charge in [-0.25, -0.2) is 0 Å². The van der Waals surface area contributed by atoms with E-state index in [-0.39, 0.29) is 29.6 Å². The first-order valence-corrected chi connectivity index (χ1v) is 3.21. The third-order valence-electron chi connectivity index (χ3n) is 1.46. The van der Waals surface area contributed by atoms with Crippen molar-refractivity contribution in [3.8, 4) is 0 Å². The van der Waals surface area contributed by atoms with Gasteiger partial charge in [0.15, 0.2) is 0 Å². The zero-order valence-corrected chi connectivity index (χ0v) is 4.74. The van der Waals surface area contributed by atoms with E-state index in [9.17, 15) is 0 Å². The molecule has 1 nitrogen and oxygen atoms in total. The molecule has 2 heteroatoms. The predicted molar refractivity (Wildman–Crippen MR) is 38.5 cm³/mol. The summed E-state index contributed by atoms with van der Waals surface area (Å²) in [7, 11) is 0. The molecule has 0 unspecified atom stereocenters. The summed E-state index contributed by atoms with van der Waals surface area (Å²) in [6.45, 7) is 2.50. The van der Waals surface area contributed by atoms with Gasteiger partial charge in [-0.2, -0.15) is 0 Å². The number of hydrogen-bond donors (Lipinski definition) is 1. The molecule has 1 heterocycles. The third kappa shape index (κ3) is 3.90. The Morgan fingerprint density at radius 1 is 0.750 bits per heavy atom. The van der Waals surface area contributed by atoms with Gasteiger partial charge in [0.05, 0.1) is 0 Å². The first-order chi connectivity index (χ1) is 3.50. The SMILES string of the molecule is C1CCCNCC1.[NaH]. The Hall–Kier alpha value is 0.960. The second-order valence-corrected chi connectivity index (χ2v) is 2.16. The van der Waals surface area contributed by atoms with Gasteiger partial charge in [-0.05, 0) is 25.9 Å². The average molecular weight is 123 g/mol. The second-order valence-electron chi connectivity index (χ2n) is 2.16. The molecule has 1 rings (SSSR count). The van der Waals surface area contributed by atoms with Crippen molar-refractivity contribution in [1.82, 2.24) is 5.32 Å². The summed E-state index contributed by atoms with van der Waals surface area (Å²) in [4.78, 5) is 0. The van der Waals surface area contributed by atoms with Crippen LogP contribution in [0.5, 0.6) is 0 Å². The van der Waals surface area contributed by atoms with Gasteiger partial charge in [0.1, 0.15) is 0 Å². The molecule has 0 spiro atoms. The van der Waals surface area contributed by atoms with Gasteiger partial charge in [-0.15, -0.1) is 0 Å². The minimum atomic E-state index is 0. The molecule has 1 aliphatic heterocycles. The van der Waals surface area contributed by atoms with E-state index in [1.165, 1.54) is 38.8 Å². The zero-order valence-electron chi connectivity index (χ0n) is 4.74. The van der Waals surface area contributed by atoms with Crippen molar-refractivity contribution < 1.29 is 0 Å². The normalized spacial score (nSPS) is 21.0. The molecule has 0 aromatic carbocycles. The van der Waals surface area contributed by atoms with E-state index >= 15 is 0 Å². The topological polar surface area (TPSA) is 12.0 Å². The van der Waals surface area contributed by atoms with Crippen LogP contribution in [0.15, 0.2) is 0 Å². The number of hydrogen-bond acceptors (Lipinski definition) is 1. The summed E-state index contributed by atoms with van der Waals surface area (Å²) in [6.07, 6.45) is 5.65. The van der Waals surface area contributed by atoms with Crippen LogP contribution in [0, 0.1) is 0 Å². The standard InChI is InChI=1S/C6H13N.Na.H/c1-2-4-6-7-5-3-1;;/h7H,1-6H2;;. The molecule has 0 aliphatic carbocycles. The van der Waals surface area contributed by atoms with Crippen LogP contribution in [0.2, 0.25) is 0 Å². The van der Waals surface area contributed by atoms with Crippen LogP contribution < -0.4 is 5.32 Å². The summed E-state index contributed by atoms with van der Waals surface area (Å²) in [5.74, 6) is 0. The molecule has 0 amide bonds. The number of nitrogens with one attached hydrogen (secondary N) is 1. The molecule has 44 valence electrons. The number of rotatable bonds is 0. The summed E-state index contributed by atoms with van der Waals surface area (Å²) < 4.78 is 0. The van der Waals surface area contributed by atoms with Gasteiger partial charge in [0.2, 0.25) is 0 Å². The van der Waals surface area contributed by atoms with Gasteiger partial charge < -0.3 is 5.32 Å². The molecule has 0 saturated carbocycles. The Bertz CT molecular complexity index is 28.1. The second kappa shape index (κ2) is 6.09. The van der Waals surface area contributed by atoms with E-state index in [1.807, 2.05) is 0 Å². The average Bonchev–Trinajstić information content (AvgIpc) is 1.90. The zero-order chi connectivity index (χ0) is 4.95. The molecular weight excluding hydrogens is 109 g/mol. The van der Waals surface area contributed by atoms with Crippen molar-refractivity contribution in [3.05, 3.63) is 0 Å². The molecule has 0 aromatic heterocycles. The molecule has 8 heavy (non-hydrogen) atoms. The summed E-state index contributed by atoms with van der Waals surface area (Å²) in [5, 5.41) is 3.35. The van der Waals surface area contributed by atoms with Crippen molar-refractivity contribution in [2.24, 2.45) is 0 Å². The quantitative estimate of drug-likeness (QED) is 0.462. The van der Waals surface area contributed by atoms with Crippen molar-refractivity contribution >= 4 is 29.6 Å². The van der Waals surface area contributed by atoms with Crippen molar-refractivity contribution in [3.63, 3.8) is 0 Å². The molecule has 1 saturated heterocycles. The van der Waals surface area contributed by atoms with E-state index in [2.05, 4.69) is 5.32 Å². The van der Waals surface area contributed by atoms with E-state index in [0.29, 0.717) is 0 Å². The van der Waals surface area contributed by atoms with Gasteiger partial charge in [-0.1, -0.05) is 12.8 Å². The maximum absolute atomic E-state index is 3.35. The fourth-order valence-electron chi connectivity index (χ4n) is 0.979. The fraction of sp³-hybridized carbons (Fsp3) is 1.00. The van der Waals surface area contributed by atoms with Crippen LogP contribution in [-0.4, -0.2) is 42.6 Å². The molecule has 1 aliphatic rings. The first-order valence-electron chi connectivity index (χ1n) is 3.21. The van der Waals surface area contributed by atoms with E-state index < -0.39 is 0 Å². The van der Waals surface area contributed by atoms with E-state index in [1.54, 1.807) is 0 Å². The molecule has 0 radical (unpaired) electrons. The Morgan fingerprint density at radius 3 is 1.75 bits per heavy atom. The Morgan fingerprint density at radius 2 is 1.25 bits per heavy atom. The molecule has 0 bridgehead atoms. The van der Waals surface area contributed by atoms with Crippen molar-refractivity contribution in [1.29, 1.82) is 0 Å². The fourth-order valence-corrected chi connectivity index (χ4v) is 0.979. The monoisotopic (exact) mass is 123 g/mol. The predicted octanol–water partition coefficient (Wildman–Crippen LogP) is 0.501. The van der Waals surface area contributed by atoms with Gasteiger partial charge in [0, 0.05) is 0 Å². The Kier molecular flexibility index (Phi) is 6.82. The summed E-state index contributed by atoms with van der Waals surface area (Å²) in [5.41, 5.74) is 0. The van der Waals surface area contributed by atoms with Gasteiger partial charge >= 0.3 is 29.6 Å². The van der Waals surface area contributed by atoms with E-state index in [4.69, 9.17) is 0 Å². The Labute approximate surface area is 73.5 Å². The van der Waals surface area contributed by atoms with Gasteiger partial charge in [-0.3, -0.25) is 0 Å². The van der Waals surface area contributed by atoms with Crippen molar-refractivity contribution in [2.75, 3.05) is 13.1 Å². The summed E-state index contributed by atoms with van der Waals surface area (Å²) in [6, 6.07) is 0. The molecule has 0 aromatic rings. The van der Waals surface area contributed by atoms with Crippen LogP contribution in [-0.2, 0) is 0 Å².